The van der Waals surface area contributed by atoms with E-state index >= 15 is 0 Å². The van der Waals surface area contributed by atoms with Gasteiger partial charge in [0.1, 0.15) is 6.10 Å². The summed E-state index contributed by atoms with van der Waals surface area (Å²) in [6.07, 6.45) is 14.2. The second-order valence-electron chi connectivity index (χ2n) is 7.12. The van der Waals surface area contributed by atoms with Crippen LogP contribution in [0, 0.1) is 11.8 Å². The zero-order valence-corrected chi connectivity index (χ0v) is 14.8. The van der Waals surface area contributed by atoms with Gasteiger partial charge in [0.2, 0.25) is 0 Å². The quantitative estimate of drug-likeness (QED) is 0.442. The lowest BCUT2D eigenvalue weighted by Crippen LogP contribution is -2.24. The van der Waals surface area contributed by atoms with Crippen molar-refractivity contribution in [2.75, 3.05) is 0 Å². The van der Waals surface area contributed by atoms with Crippen LogP contribution in [0.15, 0.2) is 24.3 Å². The molecular formula is C20H32O4. The smallest absolute Gasteiger partial charge is 0.306 e. The molecule has 0 spiro atoms. The molecule has 2 aliphatic rings. The summed E-state index contributed by atoms with van der Waals surface area (Å²) in [5.74, 6) is -0.145. The molecule has 136 valence electrons. The molecule has 5 atom stereocenters. The number of hydrogen-bond acceptors (Lipinski definition) is 4. The third-order valence-electron chi connectivity index (χ3n) is 5.16. The minimum atomic E-state index is -0.461. The number of allylic oxidation sites excluding steroid dienone is 2. The Morgan fingerprint density at radius 2 is 2.21 bits per heavy atom. The Labute approximate surface area is 145 Å². The first kappa shape index (κ1) is 19.2. The number of esters is 1. The highest BCUT2D eigenvalue weighted by Gasteiger charge is 2.42. The number of fused-ring (bicyclic) bond motifs is 2. The Hall–Kier alpha value is -1.13. The van der Waals surface area contributed by atoms with E-state index in [0.29, 0.717) is 12.8 Å². The van der Waals surface area contributed by atoms with Crippen molar-refractivity contribution in [3.63, 3.8) is 0 Å². The molecule has 0 aromatic heterocycles. The number of unbranched alkanes of at least 4 members (excludes halogenated alkanes) is 2. The third-order valence-corrected chi connectivity index (χ3v) is 5.16. The van der Waals surface area contributed by atoms with Crippen LogP contribution in [0.25, 0.3) is 0 Å². The minimum absolute atomic E-state index is 0.0208. The van der Waals surface area contributed by atoms with Gasteiger partial charge in [-0.2, -0.15) is 0 Å². The highest BCUT2D eigenvalue weighted by Crippen LogP contribution is 2.38. The van der Waals surface area contributed by atoms with Crippen LogP contribution in [0.2, 0.25) is 0 Å². The van der Waals surface area contributed by atoms with Crippen LogP contribution in [0.4, 0.5) is 0 Å². The highest BCUT2D eigenvalue weighted by molar-refractivity contribution is 5.69. The molecule has 1 saturated carbocycles. The van der Waals surface area contributed by atoms with Crippen molar-refractivity contribution in [1.82, 2.24) is 0 Å². The summed E-state index contributed by atoms with van der Waals surface area (Å²) in [5.41, 5.74) is 0. The fourth-order valence-corrected chi connectivity index (χ4v) is 3.73. The van der Waals surface area contributed by atoms with Gasteiger partial charge < -0.3 is 14.9 Å². The van der Waals surface area contributed by atoms with Crippen molar-refractivity contribution in [3.8, 4) is 0 Å². The minimum Gasteiger partial charge on any atom is -0.462 e. The van der Waals surface area contributed by atoms with E-state index in [1.165, 1.54) is 0 Å². The molecule has 0 amide bonds. The van der Waals surface area contributed by atoms with Gasteiger partial charge in [0.25, 0.3) is 0 Å². The molecule has 4 nitrogen and oxygen atoms in total. The average molecular weight is 336 g/mol. The summed E-state index contributed by atoms with van der Waals surface area (Å²) >= 11 is 0. The van der Waals surface area contributed by atoms with Gasteiger partial charge in [-0.1, -0.05) is 50.5 Å². The molecule has 2 rings (SSSR count). The van der Waals surface area contributed by atoms with Gasteiger partial charge in [-0.3, -0.25) is 4.79 Å². The highest BCUT2D eigenvalue weighted by atomic mass is 16.5. The van der Waals surface area contributed by atoms with E-state index in [4.69, 9.17) is 4.74 Å². The van der Waals surface area contributed by atoms with Gasteiger partial charge in [0.05, 0.1) is 12.2 Å². The molecule has 2 N–H and O–H groups in total. The molecule has 0 aromatic rings. The Kier molecular flexibility index (Phi) is 8.00. The molecule has 0 radical (unpaired) electrons. The van der Waals surface area contributed by atoms with Gasteiger partial charge >= 0.3 is 5.97 Å². The second kappa shape index (κ2) is 10.00. The van der Waals surface area contributed by atoms with Crippen LogP contribution in [0.3, 0.4) is 0 Å². The molecule has 1 fully saturated rings. The fraction of sp³-hybridized carbons (Fsp3) is 0.750. The molecule has 1 heterocycles. The Bertz CT molecular complexity index is 443. The van der Waals surface area contributed by atoms with Crippen LogP contribution in [0.1, 0.15) is 64.7 Å². The molecule has 4 unspecified atom stereocenters. The number of aliphatic hydroxyl groups is 2. The van der Waals surface area contributed by atoms with Crippen LogP contribution in [-0.2, 0) is 9.53 Å². The van der Waals surface area contributed by atoms with Gasteiger partial charge in [0, 0.05) is 18.8 Å². The number of rotatable bonds is 6. The van der Waals surface area contributed by atoms with Gasteiger partial charge in [-0.25, -0.2) is 0 Å². The molecule has 1 aliphatic heterocycles. The van der Waals surface area contributed by atoms with E-state index in [9.17, 15) is 15.0 Å². The number of aliphatic hydroxyl groups excluding tert-OH is 2. The Balaban J connectivity index is 2.04. The molecule has 4 heteroatoms. The number of carbonyl (C=O) groups excluding carboxylic acids is 1. The maximum atomic E-state index is 12.0. The lowest BCUT2D eigenvalue weighted by Gasteiger charge is -2.22. The first-order chi connectivity index (χ1) is 11.6. The average Bonchev–Trinajstić information content (AvgIpc) is 2.81. The van der Waals surface area contributed by atoms with Crippen LogP contribution in [0.5, 0.6) is 0 Å². The second-order valence-corrected chi connectivity index (χ2v) is 7.12. The van der Waals surface area contributed by atoms with Crippen LogP contribution >= 0.6 is 0 Å². The SMILES string of the molecule is CCCCCC(O)/C=C/[C@H]1C2CC(O)C1C/C=C\CCCC(=O)O2. The fourth-order valence-electron chi connectivity index (χ4n) is 3.73. The predicted molar refractivity (Wildman–Crippen MR) is 94.4 cm³/mol. The van der Waals surface area contributed by atoms with Crippen molar-refractivity contribution in [3.05, 3.63) is 24.3 Å². The molecule has 1 aliphatic carbocycles. The summed E-state index contributed by atoms with van der Waals surface area (Å²) in [7, 11) is 0. The maximum absolute atomic E-state index is 12.0. The lowest BCUT2D eigenvalue weighted by atomic mass is 9.89. The van der Waals surface area contributed by atoms with Crippen molar-refractivity contribution >= 4 is 5.97 Å². The summed E-state index contributed by atoms with van der Waals surface area (Å²) in [6.45, 7) is 2.14. The molecule has 0 saturated heterocycles. The molecule has 0 aromatic carbocycles. The zero-order valence-electron chi connectivity index (χ0n) is 14.8. The molecular weight excluding hydrogens is 304 g/mol. The number of carbonyl (C=O) groups is 1. The van der Waals surface area contributed by atoms with E-state index in [0.717, 1.165) is 44.9 Å². The van der Waals surface area contributed by atoms with Crippen molar-refractivity contribution in [1.29, 1.82) is 0 Å². The number of ether oxygens (including phenoxy) is 1. The zero-order chi connectivity index (χ0) is 17.4. The Morgan fingerprint density at radius 3 is 3.00 bits per heavy atom. The van der Waals surface area contributed by atoms with E-state index in [-0.39, 0.29) is 23.9 Å². The topological polar surface area (TPSA) is 66.8 Å². The summed E-state index contributed by atoms with van der Waals surface area (Å²) < 4.78 is 5.63. The van der Waals surface area contributed by atoms with Crippen LogP contribution in [-0.4, -0.2) is 34.5 Å². The first-order valence-corrected chi connectivity index (χ1v) is 9.50. The lowest BCUT2D eigenvalue weighted by molar-refractivity contribution is -0.150. The van der Waals surface area contributed by atoms with Crippen LogP contribution < -0.4 is 0 Å². The monoisotopic (exact) mass is 336 g/mol. The summed E-state index contributed by atoms with van der Waals surface area (Å²) in [4.78, 5) is 12.0. The first-order valence-electron chi connectivity index (χ1n) is 9.50. The van der Waals surface area contributed by atoms with Gasteiger partial charge in [0.15, 0.2) is 0 Å². The molecule has 24 heavy (non-hydrogen) atoms. The van der Waals surface area contributed by atoms with Crippen molar-refractivity contribution in [2.24, 2.45) is 11.8 Å². The van der Waals surface area contributed by atoms with E-state index < -0.39 is 12.2 Å². The maximum Gasteiger partial charge on any atom is 0.306 e. The summed E-state index contributed by atoms with van der Waals surface area (Å²) in [5, 5.41) is 20.5. The number of hydrogen-bond donors (Lipinski definition) is 2. The van der Waals surface area contributed by atoms with Gasteiger partial charge in [-0.05, 0) is 31.6 Å². The van der Waals surface area contributed by atoms with E-state index in [1.807, 2.05) is 12.2 Å². The van der Waals surface area contributed by atoms with Crippen molar-refractivity contribution in [2.45, 2.75) is 83.0 Å². The third kappa shape index (κ3) is 5.75. The standard InChI is InChI=1S/C20H32O4/c1-2-3-6-9-15(21)12-13-17-16-10-7-4-5-8-11-20(23)24-19(17)14-18(16)22/h4,7,12-13,15-19,21-22H,2-3,5-6,8-11,14H2,1H3/b7-4-,13-12+/t15?,16?,17-,18?,19?/m1/s1. The van der Waals surface area contributed by atoms with Crippen molar-refractivity contribution < 1.29 is 19.7 Å². The largest absolute Gasteiger partial charge is 0.462 e. The Morgan fingerprint density at radius 1 is 1.38 bits per heavy atom. The van der Waals surface area contributed by atoms with E-state index in [1.54, 1.807) is 0 Å². The van der Waals surface area contributed by atoms with Gasteiger partial charge in [-0.15, -0.1) is 0 Å². The summed E-state index contributed by atoms with van der Waals surface area (Å²) in [6, 6.07) is 0. The molecule has 2 bridgehead atoms. The normalized spacial score (nSPS) is 33.9. The predicted octanol–water partition coefficient (Wildman–Crippen LogP) is 3.52. The van der Waals surface area contributed by atoms with E-state index in [2.05, 4.69) is 19.1 Å².